The van der Waals surface area contributed by atoms with Crippen LogP contribution >= 0.6 is 0 Å². The smallest absolute Gasteiger partial charge is 0.0569 e. The normalized spacial score (nSPS) is 46.0. The fraction of sp³-hybridized carbons (Fsp3) is 0.862. The van der Waals surface area contributed by atoms with Crippen LogP contribution < -0.4 is 0 Å². The van der Waals surface area contributed by atoms with Gasteiger partial charge in [-0.25, -0.2) is 0 Å². The van der Waals surface area contributed by atoms with Crippen LogP contribution in [-0.4, -0.2) is 11.2 Å². The van der Waals surface area contributed by atoms with Gasteiger partial charge in [0.25, 0.3) is 0 Å². The van der Waals surface area contributed by atoms with Crippen LogP contribution in [0.15, 0.2) is 23.3 Å². The summed E-state index contributed by atoms with van der Waals surface area (Å²) in [5, 5.41) is 10.5. The number of aliphatic hydroxyl groups is 1. The van der Waals surface area contributed by atoms with E-state index in [0.717, 1.165) is 24.2 Å². The first-order valence-electron chi connectivity index (χ1n) is 13.2. The Labute approximate surface area is 186 Å². The van der Waals surface area contributed by atoms with Gasteiger partial charge in [-0.1, -0.05) is 71.8 Å². The van der Waals surface area contributed by atoms with Gasteiger partial charge in [0.15, 0.2) is 0 Å². The molecule has 4 aliphatic carbocycles. The number of rotatable bonds is 4. The van der Waals surface area contributed by atoms with Crippen molar-refractivity contribution in [2.45, 2.75) is 106 Å². The van der Waals surface area contributed by atoms with Crippen molar-refractivity contribution in [3.8, 4) is 0 Å². The molecule has 2 saturated carbocycles. The van der Waals surface area contributed by atoms with Gasteiger partial charge in [-0.15, -0.1) is 0 Å². The molecule has 4 aliphatic rings. The fourth-order valence-electron chi connectivity index (χ4n) is 8.52. The maximum absolute atomic E-state index is 10.5. The Morgan fingerprint density at radius 2 is 1.67 bits per heavy atom. The van der Waals surface area contributed by atoms with Crippen LogP contribution in [0.25, 0.3) is 0 Å². The van der Waals surface area contributed by atoms with E-state index in [4.69, 9.17) is 0 Å². The van der Waals surface area contributed by atoms with Gasteiger partial charge in [0.05, 0.1) is 6.10 Å². The molecule has 0 aromatic rings. The molecule has 0 unspecified atom stereocenters. The maximum atomic E-state index is 10.5. The molecule has 0 heterocycles. The Kier molecular flexibility index (Phi) is 6.10. The van der Waals surface area contributed by atoms with Crippen molar-refractivity contribution < 1.29 is 5.11 Å². The Morgan fingerprint density at radius 3 is 2.37 bits per heavy atom. The quantitative estimate of drug-likeness (QED) is 0.467. The van der Waals surface area contributed by atoms with Crippen LogP contribution in [0.5, 0.6) is 0 Å². The predicted molar refractivity (Wildman–Crippen MR) is 128 cm³/mol. The van der Waals surface area contributed by atoms with E-state index in [1.165, 1.54) is 44.9 Å². The summed E-state index contributed by atoms with van der Waals surface area (Å²) in [5.41, 5.74) is 4.61. The molecular weight excluding hydrogens is 364 g/mol. The summed E-state index contributed by atoms with van der Waals surface area (Å²) >= 11 is 0. The molecule has 0 spiro atoms. The second kappa shape index (κ2) is 8.09. The molecule has 0 aliphatic heterocycles. The monoisotopic (exact) mass is 412 g/mol. The SMILES string of the molecule is CC(C)[C@@H](C)C=C[C@@H](C)[C@H]1CC[C@H]2C3=C(CC[C@]12C)[C@@]1(C)CC[C@H](O)[C@@H](C)[C@@H]1CC3. The average molecular weight is 413 g/mol. The maximum Gasteiger partial charge on any atom is 0.0569 e. The van der Waals surface area contributed by atoms with E-state index in [2.05, 4.69) is 60.6 Å². The summed E-state index contributed by atoms with van der Waals surface area (Å²) in [7, 11) is 0. The van der Waals surface area contributed by atoms with E-state index < -0.39 is 0 Å². The molecule has 0 amide bonds. The fourth-order valence-corrected chi connectivity index (χ4v) is 8.52. The molecule has 170 valence electrons. The largest absolute Gasteiger partial charge is 0.393 e. The molecule has 0 saturated heterocycles. The minimum absolute atomic E-state index is 0.0733. The Morgan fingerprint density at radius 1 is 0.933 bits per heavy atom. The third-order valence-corrected chi connectivity index (χ3v) is 11.0. The average Bonchev–Trinajstić information content (AvgIpc) is 3.06. The zero-order chi connectivity index (χ0) is 21.8. The first-order chi connectivity index (χ1) is 14.1. The standard InChI is InChI=1S/C29H48O/c1-18(2)19(3)8-9-20(4)23-12-13-25-22-10-11-24-21(5)27(30)15-17-29(24,7)26(22)14-16-28(23,25)6/h8-9,18-21,23-25,27,30H,10-17H2,1-7H3/t19-,20+,21-,23+,24-,25-,27-,28+,29-/m0/s1. The van der Waals surface area contributed by atoms with Crippen molar-refractivity contribution in [2.24, 2.45) is 52.3 Å². The van der Waals surface area contributed by atoms with Gasteiger partial charge < -0.3 is 5.11 Å². The second-order valence-electron chi connectivity index (χ2n) is 12.6. The first kappa shape index (κ1) is 22.6. The van der Waals surface area contributed by atoms with Crippen LogP contribution in [0.2, 0.25) is 0 Å². The summed E-state index contributed by atoms with van der Waals surface area (Å²) in [4.78, 5) is 0. The van der Waals surface area contributed by atoms with E-state index in [1.807, 2.05) is 11.1 Å². The summed E-state index contributed by atoms with van der Waals surface area (Å²) in [5.74, 6) is 4.93. The highest BCUT2D eigenvalue weighted by atomic mass is 16.3. The lowest BCUT2D eigenvalue weighted by molar-refractivity contribution is -0.0332. The molecular formula is C29H48O. The van der Waals surface area contributed by atoms with Gasteiger partial charge in [0, 0.05) is 0 Å². The molecule has 2 fully saturated rings. The Hall–Kier alpha value is -0.560. The number of allylic oxidation sites excluding steroid dienone is 4. The molecule has 0 aromatic heterocycles. The van der Waals surface area contributed by atoms with Crippen LogP contribution in [0.1, 0.15) is 99.8 Å². The summed E-state index contributed by atoms with van der Waals surface area (Å²) in [6.07, 6.45) is 15.4. The first-order valence-corrected chi connectivity index (χ1v) is 13.2. The van der Waals surface area contributed by atoms with E-state index >= 15 is 0 Å². The molecule has 30 heavy (non-hydrogen) atoms. The highest BCUT2D eigenvalue weighted by Gasteiger charge is 2.56. The van der Waals surface area contributed by atoms with Crippen molar-refractivity contribution in [1.82, 2.24) is 0 Å². The van der Waals surface area contributed by atoms with Crippen LogP contribution in [-0.2, 0) is 0 Å². The lowest BCUT2D eigenvalue weighted by Gasteiger charge is -2.56. The Bertz CT molecular complexity index is 701. The molecule has 1 N–H and O–H groups in total. The molecule has 0 radical (unpaired) electrons. The lowest BCUT2D eigenvalue weighted by Crippen LogP contribution is -2.49. The van der Waals surface area contributed by atoms with Crippen molar-refractivity contribution in [1.29, 1.82) is 0 Å². The highest BCUT2D eigenvalue weighted by molar-refractivity contribution is 5.35. The molecule has 4 rings (SSSR count). The van der Waals surface area contributed by atoms with Gasteiger partial charge >= 0.3 is 0 Å². The second-order valence-corrected chi connectivity index (χ2v) is 12.6. The minimum atomic E-state index is -0.0733. The predicted octanol–water partition coefficient (Wildman–Crippen LogP) is 7.80. The highest BCUT2D eigenvalue weighted by Crippen LogP contribution is 2.66. The van der Waals surface area contributed by atoms with Gasteiger partial charge in [-0.05, 0) is 104 Å². The van der Waals surface area contributed by atoms with E-state index in [1.54, 1.807) is 0 Å². The molecule has 9 atom stereocenters. The summed E-state index contributed by atoms with van der Waals surface area (Å²) < 4.78 is 0. The topological polar surface area (TPSA) is 20.2 Å². The molecule has 0 bridgehead atoms. The van der Waals surface area contributed by atoms with Gasteiger partial charge in [-0.3, -0.25) is 0 Å². The van der Waals surface area contributed by atoms with E-state index in [-0.39, 0.29) is 6.10 Å². The van der Waals surface area contributed by atoms with Crippen LogP contribution in [0.4, 0.5) is 0 Å². The number of aliphatic hydroxyl groups excluding tert-OH is 1. The van der Waals surface area contributed by atoms with Gasteiger partial charge in [-0.2, -0.15) is 0 Å². The summed E-state index contributed by atoms with van der Waals surface area (Å²) in [6, 6.07) is 0. The molecule has 0 aromatic carbocycles. The third-order valence-electron chi connectivity index (χ3n) is 11.0. The molecule has 1 heteroatoms. The van der Waals surface area contributed by atoms with Crippen molar-refractivity contribution in [3.63, 3.8) is 0 Å². The van der Waals surface area contributed by atoms with Crippen molar-refractivity contribution in [2.75, 3.05) is 0 Å². The third kappa shape index (κ3) is 3.46. The van der Waals surface area contributed by atoms with E-state index in [9.17, 15) is 5.11 Å². The zero-order valence-electron chi connectivity index (χ0n) is 20.9. The van der Waals surface area contributed by atoms with Gasteiger partial charge in [0.1, 0.15) is 0 Å². The van der Waals surface area contributed by atoms with Crippen LogP contribution in [0, 0.1) is 52.3 Å². The summed E-state index contributed by atoms with van der Waals surface area (Å²) in [6.45, 7) is 17.1. The van der Waals surface area contributed by atoms with Crippen molar-refractivity contribution >= 4 is 0 Å². The molecule has 1 nitrogen and oxygen atoms in total. The van der Waals surface area contributed by atoms with Crippen LogP contribution in [0.3, 0.4) is 0 Å². The Balaban J connectivity index is 1.58. The zero-order valence-corrected chi connectivity index (χ0v) is 20.9. The van der Waals surface area contributed by atoms with Crippen molar-refractivity contribution in [3.05, 3.63) is 23.3 Å². The minimum Gasteiger partial charge on any atom is -0.393 e. The lowest BCUT2D eigenvalue weighted by atomic mass is 9.49. The number of fused-ring (bicyclic) bond motifs is 4. The number of hydrogen-bond acceptors (Lipinski definition) is 1. The van der Waals surface area contributed by atoms with Gasteiger partial charge in [0.2, 0.25) is 0 Å². The van der Waals surface area contributed by atoms with E-state index in [0.29, 0.717) is 34.5 Å². The number of hydrogen-bond donors (Lipinski definition) is 1.